The van der Waals surface area contributed by atoms with Gasteiger partial charge in [-0.3, -0.25) is 9.59 Å². The fourth-order valence-corrected chi connectivity index (χ4v) is 6.61. The molecule has 2 bridgehead atoms. The molecule has 0 unspecified atom stereocenters. The Bertz CT molecular complexity index is 1290. The van der Waals surface area contributed by atoms with Gasteiger partial charge in [-0.15, -0.1) is 11.3 Å². The number of benzene rings is 2. The van der Waals surface area contributed by atoms with Gasteiger partial charge in [-0.2, -0.15) is 0 Å². The number of fused-ring (bicyclic) bond motifs is 2. The molecule has 3 aromatic rings. The summed E-state index contributed by atoms with van der Waals surface area (Å²) in [5.41, 5.74) is 5.80. The number of piperidine rings is 1. The number of hydrogen-bond acceptors (Lipinski definition) is 6. The number of thiazole rings is 1. The summed E-state index contributed by atoms with van der Waals surface area (Å²) in [5, 5.41) is 12.4. The van der Waals surface area contributed by atoms with E-state index < -0.39 is 5.97 Å². The van der Waals surface area contributed by atoms with E-state index in [2.05, 4.69) is 23.3 Å². The highest BCUT2D eigenvalue weighted by Crippen LogP contribution is 2.45. The normalized spacial score (nSPS) is 21.0. The molecule has 2 aromatic carbocycles. The summed E-state index contributed by atoms with van der Waals surface area (Å²) < 4.78 is 6.27. The quantitative estimate of drug-likeness (QED) is 0.371. The maximum absolute atomic E-state index is 11.7. The number of nitrogens with zero attached hydrogens (tertiary/aromatic N) is 2. The second-order valence-corrected chi connectivity index (χ2v) is 11.1. The van der Waals surface area contributed by atoms with E-state index in [0.29, 0.717) is 29.9 Å². The average molecular weight is 505 g/mol. The van der Waals surface area contributed by atoms with Gasteiger partial charge in [-0.05, 0) is 80.7 Å². The number of carboxylic acid groups (broad SMARTS) is 1. The van der Waals surface area contributed by atoms with Crippen molar-refractivity contribution in [3.8, 4) is 17.0 Å². The van der Waals surface area contributed by atoms with Crippen LogP contribution in [0.4, 0.5) is 5.13 Å². The maximum Gasteiger partial charge on any atom is 0.303 e. The Balaban J connectivity index is 1.33. The summed E-state index contributed by atoms with van der Waals surface area (Å²) in [6.45, 7) is 7.82. The molecule has 3 atom stereocenters. The molecule has 5 rings (SSSR count). The first-order valence-electron chi connectivity index (χ1n) is 12.5. The topological polar surface area (TPSA) is 79.7 Å². The van der Waals surface area contributed by atoms with Crippen LogP contribution in [0.1, 0.15) is 53.2 Å². The fourth-order valence-electron chi connectivity index (χ4n) is 5.76. The molecular formula is C29H32N2O4S. The Hall–Kier alpha value is -3.19. The highest BCUT2D eigenvalue weighted by molar-refractivity contribution is 7.14. The smallest absolute Gasteiger partial charge is 0.303 e. The van der Waals surface area contributed by atoms with Crippen molar-refractivity contribution in [1.82, 2.24) is 4.98 Å². The Labute approximate surface area is 215 Å². The molecule has 1 saturated heterocycles. The van der Waals surface area contributed by atoms with Gasteiger partial charge in [0.1, 0.15) is 12.4 Å². The molecule has 188 valence electrons. The Kier molecular flexibility index (Phi) is 6.84. The first-order valence-corrected chi connectivity index (χ1v) is 13.4. The Morgan fingerprint density at radius 1 is 1.11 bits per heavy atom. The van der Waals surface area contributed by atoms with Gasteiger partial charge < -0.3 is 14.7 Å². The molecule has 1 aliphatic heterocycles. The van der Waals surface area contributed by atoms with Gasteiger partial charge in [0.05, 0.1) is 5.69 Å². The van der Waals surface area contributed by atoms with Crippen LogP contribution in [-0.2, 0) is 11.4 Å². The van der Waals surface area contributed by atoms with Crippen LogP contribution in [0, 0.1) is 31.6 Å². The molecule has 0 amide bonds. The second kappa shape index (κ2) is 10.1. The van der Waals surface area contributed by atoms with Crippen molar-refractivity contribution in [3.63, 3.8) is 0 Å². The Morgan fingerprint density at radius 2 is 1.86 bits per heavy atom. The third-order valence-corrected chi connectivity index (χ3v) is 8.65. The van der Waals surface area contributed by atoms with Gasteiger partial charge in [0.2, 0.25) is 0 Å². The lowest BCUT2D eigenvalue weighted by molar-refractivity contribution is -0.138. The number of ketones is 1. The van der Waals surface area contributed by atoms with E-state index in [9.17, 15) is 14.7 Å². The summed E-state index contributed by atoms with van der Waals surface area (Å²) >= 11 is 1.64. The van der Waals surface area contributed by atoms with Gasteiger partial charge in [0.25, 0.3) is 0 Å². The zero-order chi connectivity index (χ0) is 25.4. The van der Waals surface area contributed by atoms with Crippen molar-refractivity contribution >= 4 is 28.2 Å². The molecule has 0 spiro atoms. The monoisotopic (exact) mass is 504 g/mol. The number of hydrogen-bond donors (Lipinski definition) is 1. The minimum atomic E-state index is -0.682. The standard InChI is InChI=1S/C29H32N2O4S/c1-17-4-9-27(35-15-23-8-5-20(19(3)32)11-18(23)2)25(10-17)26-16-36-29(30-26)31-13-21-6-7-22(14-31)24(21)12-28(33)34/h4-5,8-11,16,21-22,24H,6-7,12-15H2,1-3H3,(H,33,34)/t21-,22+,24+. The molecular weight excluding hydrogens is 472 g/mol. The number of aryl methyl sites for hydroxylation is 2. The molecule has 2 fully saturated rings. The van der Waals surface area contributed by atoms with Crippen molar-refractivity contribution in [2.75, 3.05) is 18.0 Å². The molecule has 0 radical (unpaired) electrons. The van der Waals surface area contributed by atoms with E-state index in [1.807, 2.05) is 37.3 Å². The number of carbonyl (C=O) groups excluding carboxylic acids is 1. The summed E-state index contributed by atoms with van der Waals surface area (Å²) in [4.78, 5) is 30.3. The van der Waals surface area contributed by atoms with Crippen LogP contribution in [0.2, 0.25) is 0 Å². The van der Waals surface area contributed by atoms with Gasteiger partial charge in [0.15, 0.2) is 10.9 Å². The molecule has 2 aliphatic rings. The summed E-state index contributed by atoms with van der Waals surface area (Å²) in [5.74, 6) is 1.32. The maximum atomic E-state index is 11.7. The number of carboxylic acids is 1. The number of carbonyl (C=O) groups is 2. The lowest BCUT2D eigenvalue weighted by Crippen LogP contribution is -2.42. The number of Topliss-reactive ketones (excluding diaryl/α,β-unsaturated/α-hetero) is 1. The predicted molar refractivity (Wildman–Crippen MR) is 142 cm³/mol. The van der Waals surface area contributed by atoms with E-state index in [0.717, 1.165) is 64.8 Å². The second-order valence-electron chi connectivity index (χ2n) is 10.3. The van der Waals surface area contributed by atoms with Crippen molar-refractivity contribution in [2.45, 2.75) is 46.6 Å². The van der Waals surface area contributed by atoms with Gasteiger partial charge in [-0.1, -0.05) is 23.8 Å². The fraction of sp³-hybridized carbons (Fsp3) is 0.414. The molecule has 1 aromatic heterocycles. The van der Waals surface area contributed by atoms with Crippen molar-refractivity contribution in [3.05, 3.63) is 64.0 Å². The number of aliphatic carboxylic acids is 1. The predicted octanol–water partition coefficient (Wildman–Crippen LogP) is 6.15. The van der Waals surface area contributed by atoms with Crippen LogP contribution in [0.25, 0.3) is 11.3 Å². The SMILES string of the molecule is CC(=O)c1ccc(COc2ccc(C)cc2-c2csc(N3C[C@H]4CC[C@@H](C3)[C@H]4CC(=O)O)n2)c(C)c1. The third-order valence-electron chi connectivity index (χ3n) is 7.75. The van der Waals surface area contributed by atoms with E-state index in [1.165, 1.54) is 0 Å². The van der Waals surface area contributed by atoms with E-state index >= 15 is 0 Å². The number of anilines is 1. The lowest BCUT2D eigenvalue weighted by atomic mass is 9.83. The highest BCUT2D eigenvalue weighted by Gasteiger charge is 2.43. The van der Waals surface area contributed by atoms with Gasteiger partial charge in [-0.25, -0.2) is 4.98 Å². The van der Waals surface area contributed by atoms with Crippen LogP contribution < -0.4 is 9.64 Å². The van der Waals surface area contributed by atoms with Gasteiger partial charge >= 0.3 is 5.97 Å². The minimum Gasteiger partial charge on any atom is -0.488 e. The Morgan fingerprint density at radius 3 is 2.53 bits per heavy atom. The van der Waals surface area contributed by atoms with Crippen molar-refractivity contribution in [1.29, 1.82) is 0 Å². The number of rotatable bonds is 8. The van der Waals surface area contributed by atoms with Crippen LogP contribution in [0.3, 0.4) is 0 Å². The summed E-state index contributed by atoms with van der Waals surface area (Å²) in [6, 6.07) is 11.9. The first kappa shape index (κ1) is 24.5. The van der Waals surface area contributed by atoms with Crippen molar-refractivity contribution < 1.29 is 19.4 Å². The molecule has 6 nitrogen and oxygen atoms in total. The first-order chi connectivity index (χ1) is 17.3. The molecule has 1 N–H and O–H groups in total. The molecule has 2 heterocycles. The summed E-state index contributed by atoms with van der Waals surface area (Å²) in [6.07, 6.45) is 2.51. The molecule has 36 heavy (non-hydrogen) atoms. The van der Waals surface area contributed by atoms with Crippen LogP contribution >= 0.6 is 11.3 Å². The number of ether oxygens (including phenoxy) is 1. The third kappa shape index (κ3) is 5.03. The zero-order valence-corrected chi connectivity index (χ0v) is 21.8. The van der Waals surface area contributed by atoms with Crippen LogP contribution in [-0.4, -0.2) is 34.9 Å². The average Bonchev–Trinajstić information content (AvgIpc) is 3.40. The lowest BCUT2D eigenvalue weighted by Gasteiger charge is -2.37. The summed E-state index contributed by atoms with van der Waals surface area (Å²) in [7, 11) is 0. The molecule has 1 saturated carbocycles. The van der Waals surface area contributed by atoms with Crippen LogP contribution in [0.5, 0.6) is 5.75 Å². The molecule has 1 aliphatic carbocycles. The van der Waals surface area contributed by atoms with E-state index in [1.54, 1.807) is 18.3 Å². The largest absolute Gasteiger partial charge is 0.488 e. The minimum absolute atomic E-state index is 0.0600. The zero-order valence-electron chi connectivity index (χ0n) is 21.0. The van der Waals surface area contributed by atoms with E-state index in [4.69, 9.17) is 9.72 Å². The van der Waals surface area contributed by atoms with Crippen molar-refractivity contribution in [2.24, 2.45) is 17.8 Å². The van der Waals surface area contributed by atoms with E-state index in [-0.39, 0.29) is 12.2 Å². The van der Waals surface area contributed by atoms with Gasteiger partial charge in [0, 0.05) is 36.0 Å². The number of aromatic nitrogens is 1. The van der Waals surface area contributed by atoms with Crippen LogP contribution in [0.15, 0.2) is 41.8 Å². The highest BCUT2D eigenvalue weighted by atomic mass is 32.1. The molecule has 7 heteroatoms.